The quantitative estimate of drug-likeness (QED) is 0.792. The predicted molar refractivity (Wildman–Crippen MR) is 78.7 cm³/mol. The maximum absolute atomic E-state index is 4.50. The summed E-state index contributed by atoms with van der Waals surface area (Å²) in [4.78, 5) is 0. The zero-order valence-electron chi connectivity index (χ0n) is 12.1. The van der Waals surface area contributed by atoms with Crippen LogP contribution in [-0.4, -0.2) is 39.2 Å². The molecule has 2 N–H and O–H groups in total. The van der Waals surface area contributed by atoms with Crippen molar-refractivity contribution in [3.05, 3.63) is 29.7 Å². The van der Waals surface area contributed by atoms with Crippen molar-refractivity contribution in [1.29, 1.82) is 0 Å². The third kappa shape index (κ3) is 3.01. The van der Waals surface area contributed by atoms with Gasteiger partial charge in [0.05, 0.1) is 11.9 Å². The van der Waals surface area contributed by atoms with E-state index in [1.807, 2.05) is 24.9 Å². The van der Waals surface area contributed by atoms with Crippen LogP contribution >= 0.6 is 0 Å². The molecule has 20 heavy (non-hydrogen) atoms. The molecule has 0 amide bonds. The fourth-order valence-electron chi connectivity index (χ4n) is 2.66. The molecule has 0 radical (unpaired) electrons. The number of rotatable bonds is 5. The molecule has 0 unspecified atom stereocenters. The summed E-state index contributed by atoms with van der Waals surface area (Å²) in [6.45, 7) is 6.06. The number of anilines is 1. The molecule has 0 fully saturated rings. The van der Waals surface area contributed by atoms with E-state index in [0.717, 1.165) is 44.1 Å². The molecule has 108 valence electrons. The number of nitrogens with one attached hydrogen (secondary N) is 2. The smallest absolute Gasteiger partial charge is 0.124 e. The lowest BCUT2D eigenvalue weighted by atomic mass is 10.1. The Kier molecular flexibility index (Phi) is 3.73. The van der Waals surface area contributed by atoms with Crippen LogP contribution in [-0.2, 0) is 20.0 Å². The molecule has 2 aromatic heterocycles. The topological polar surface area (TPSA) is 59.7 Å². The Morgan fingerprint density at radius 2 is 2.40 bits per heavy atom. The van der Waals surface area contributed by atoms with Crippen LogP contribution in [0.2, 0.25) is 0 Å². The van der Waals surface area contributed by atoms with Crippen LogP contribution in [0.3, 0.4) is 0 Å². The van der Waals surface area contributed by atoms with Gasteiger partial charge in [0.25, 0.3) is 0 Å². The third-order valence-electron chi connectivity index (χ3n) is 3.69. The second-order valence-electron chi connectivity index (χ2n) is 5.58. The number of fused-ring (bicyclic) bond motifs is 1. The Hall–Kier alpha value is -1.82. The fraction of sp³-hybridized carbons (Fsp3) is 0.571. The molecule has 1 atom stereocenters. The lowest BCUT2D eigenvalue weighted by Crippen LogP contribution is -2.36. The van der Waals surface area contributed by atoms with Crippen molar-refractivity contribution in [2.24, 2.45) is 13.0 Å². The average Bonchev–Trinajstić information content (AvgIpc) is 2.99. The van der Waals surface area contributed by atoms with Gasteiger partial charge in [-0.15, -0.1) is 0 Å². The summed E-state index contributed by atoms with van der Waals surface area (Å²) < 4.78 is 3.92. The maximum atomic E-state index is 4.50. The molecular formula is C14H22N6. The molecule has 0 aliphatic carbocycles. The SMILES string of the molecule is Cc1cc2n(n1)C[C@H](CNCCc1cnn(C)c1)CN2. The largest absolute Gasteiger partial charge is 0.370 e. The van der Waals surface area contributed by atoms with Gasteiger partial charge in [-0.1, -0.05) is 0 Å². The molecule has 6 heteroatoms. The number of hydrogen-bond acceptors (Lipinski definition) is 4. The highest BCUT2D eigenvalue weighted by Crippen LogP contribution is 2.17. The van der Waals surface area contributed by atoms with Crippen molar-refractivity contribution in [1.82, 2.24) is 24.9 Å². The minimum absolute atomic E-state index is 0.593. The third-order valence-corrected chi connectivity index (χ3v) is 3.69. The summed E-state index contributed by atoms with van der Waals surface area (Å²) in [5, 5.41) is 15.7. The molecule has 2 aromatic rings. The van der Waals surface area contributed by atoms with Crippen molar-refractivity contribution in [2.45, 2.75) is 19.9 Å². The zero-order valence-corrected chi connectivity index (χ0v) is 12.1. The first kappa shape index (κ1) is 13.2. The van der Waals surface area contributed by atoms with E-state index in [1.54, 1.807) is 0 Å². The zero-order chi connectivity index (χ0) is 13.9. The molecule has 0 saturated heterocycles. The highest BCUT2D eigenvalue weighted by molar-refractivity contribution is 5.38. The van der Waals surface area contributed by atoms with Crippen molar-refractivity contribution in [2.75, 3.05) is 25.0 Å². The van der Waals surface area contributed by atoms with Gasteiger partial charge in [-0.2, -0.15) is 10.2 Å². The summed E-state index contributed by atoms with van der Waals surface area (Å²) in [5.74, 6) is 1.74. The van der Waals surface area contributed by atoms with Crippen molar-refractivity contribution >= 4 is 5.82 Å². The minimum Gasteiger partial charge on any atom is -0.370 e. The first-order valence-corrected chi connectivity index (χ1v) is 7.17. The molecule has 1 aliphatic heterocycles. The summed E-state index contributed by atoms with van der Waals surface area (Å²) in [5.41, 5.74) is 2.37. The van der Waals surface area contributed by atoms with Crippen molar-refractivity contribution in [3.8, 4) is 0 Å². The molecule has 0 saturated carbocycles. The van der Waals surface area contributed by atoms with E-state index in [2.05, 4.69) is 37.8 Å². The van der Waals surface area contributed by atoms with E-state index in [-0.39, 0.29) is 0 Å². The van der Waals surface area contributed by atoms with E-state index in [1.165, 1.54) is 5.56 Å². The normalized spacial score (nSPS) is 17.8. The van der Waals surface area contributed by atoms with Crippen LogP contribution in [0.25, 0.3) is 0 Å². The summed E-state index contributed by atoms with van der Waals surface area (Å²) in [6.07, 6.45) is 5.03. The number of aryl methyl sites for hydroxylation is 2. The molecule has 0 spiro atoms. The lowest BCUT2D eigenvalue weighted by Gasteiger charge is -2.25. The van der Waals surface area contributed by atoms with Crippen molar-refractivity contribution in [3.63, 3.8) is 0 Å². The van der Waals surface area contributed by atoms with Gasteiger partial charge in [0.2, 0.25) is 0 Å². The van der Waals surface area contributed by atoms with Gasteiger partial charge in [-0.3, -0.25) is 4.68 Å². The Bertz CT molecular complexity index is 570. The van der Waals surface area contributed by atoms with E-state index in [4.69, 9.17) is 0 Å². The monoisotopic (exact) mass is 274 g/mol. The van der Waals surface area contributed by atoms with Gasteiger partial charge in [0.1, 0.15) is 5.82 Å². The van der Waals surface area contributed by atoms with Crippen molar-refractivity contribution < 1.29 is 0 Å². The molecule has 1 aliphatic rings. The van der Waals surface area contributed by atoms with Gasteiger partial charge in [-0.25, -0.2) is 4.68 Å². The van der Waals surface area contributed by atoms with Gasteiger partial charge < -0.3 is 10.6 Å². The molecule has 3 rings (SSSR count). The van der Waals surface area contributed by atoms with Gasteiger partial charge >= 0.3 is 0 Å². The summed E-state index contributed by atoms with van der Waals surface area (Å²) >= 11 is 0. The number of nitrogens with zero attached hydrogens (tertiary/aromatic N) is 4. The van der Waals surface area contributed by atoms with Gasteiger partial charge in [0, 0.05) is 44.9 Å². The summed E-state index contributed by atoms with van der Waals surface area (Å²) in [6, 6.07) is 2.10. The number of hydrogen-bond donors (Lipinski definition) is 2. The van der Waals surface area contributed by atoms with Crippen LogP contribution in [0.15, 0.2) is 18.5 Å². The average molecular weight is 274 g/mol. The van der Waals surface area contributed by atoms with Gasteiger partial charge in [-0.05, 0) is 25.5 Å². The second-order valence-corrected chi connectivity index (χ2v) is 5.58. The molecule has 3 heterocycles. The van der Waals surface area contributed by atoms with E-state index >= 15 is 0 Å². The first-order chi connectivity index (χ1) is 9.70. The Morgan fingerprint density at radius 1 is 1.50 bits per heavy atom. The molecule has 6 nitrogen and oxygen atoms in total. The first-order valence-electron chi connectivity index (χ1n) is 7.17. The lowest BCUT2D eigenvalue weighted by molar-refractivity contribution is 0.392. The molecule has 0 bridgehead atoms. The van der Waals surface area contributed by atoms with E-state index in [9.17, 15) is 0 Å². The second kappa shape index (κ2) is 5.66. The standard InChI is InChI=1S/C14H22N6/c1-11-5-14-16-7-13(10-20(14)18-11)6-15-4-3-12-8-17-19(2)9-12/h5,8-9,13,15-16H,3-4,6-7,10H2,1-2H3/t13-/m1/s1. The molecular weight excluding hydrogens is 252 g/mol. The Morgan fingerprint density at radius 3 is 3.20 bits per heavy atom. The van der Waals surface area contributed by atoms with Crippen LogP contribution in [0, 0.1) is 12.8 Å². The fourth-order valence-corrected chi connectivity index (χ4v) is 2.66. The van der Waals surface area contributed by atoms with Gasteiger partial charge in [0.15, 0.2) is 0 Å². The highest BCUT2D eigenvalue weighted by Gasteiger charge is 2.18. The number of aromatic nitrogens is 4. The van der Waals surface area contributed by atoms with Crippen LogP contribution < -0.4 is 10.6 Å². The predicted octanol–water partition coefficient (Wildman–Crippen LogP) is 0.799. The maximum Gasteiger partial charge on any atom is 0.124 e. The van der Waals surface area contributed by atoms with Crippen LogP contribution in [0.5, 0.6) is 0 Å². The van der Waals surface area contributed by atoms with E-state index < -0.39 is 0 Å². The Labute approximate surface area is 119 Å². The Balaban J connectivity index is 1.41. The molecule has 0 aromatic carbocycles. The highest BCUT2D eigenvalue weighted by atomic mass is 15.3. The minimum atomic E-state index is 0.593. The van der Waals surface area contributed by atoms with Crippen LogP contribution in [0.4, 0.5) is 5.82 Å². The summed E-state index contributed by atoms with van der Waals surface area (Å²) in [7, 11) is 1.95. The van der Waals surface area contributed by atoms with Crippen LogP contribution in [0.1, 0.15) is 11.3 Å². The van der Waals surface area contributed by atoms with E-state index in [0.29, 0.717) is 5.92 Å².